The van der Waals surface area contributed by atoms with Gasteiger partial charge in [0.1, 0.15) is 0 Å². The lowest BCUT2D eigenvalue weighted by Gasteiger charge is -2.26. The smallest absolute Gasteiger partial charge is 0.246 e. The van der Waals surface area contributed by atoms with Gasteiger partial charge in [-0.15, -0.1) is 5.48 Å². The summed E-state index contributed by atoms with van der Waals surface area (Å²) in [5, 5.41) is 14.9. The summed E-state index contributed by atoms with van der Waals surface area (Å²) in [5.41, 5.74) is 1.76. The zero-order valence-corrected chi connectivity index (χ0v) is 11.6. The summed E-state index contributed by atoms with van der Waals surface area (Å²) in [7, 11) is 1.72. The predicted molar refractivity (Wildman–Crippen MR) is 68.2 cm³/mol. The molecule has 1 aliphatic rings. The number of hydrogen-bond acceptors (Lipinski definition) is 5. The molecule has 1 heterocycles. The van der Waals surface area contributed by atoms with Gasteiger partial charge in [-0.2, -0.15) is 0 Å². The monoisotopic (exact) mass is 257 g/mol. The Morgan fingerprint density at radius 2 is 2.11 bits per heavy atom. The van der Waals surface area contributed by atoms with Crippen LogP contribution >= 0.6 is 0 Å². The van der Waals surface area contributed by atoms with Crippen LogP contribution in [0.5, 0.6) is 0 Å². The van der Waals surface area contributed by atoms with Crippen molar-refractivity contribution in [2.45, 2.75) is 39.3 Å². The molecule has 4 N–H and O–H groups in total. The highest BCUT2D eigenvalue weighted by Gasteiger charge is 2.34. The number of rotatable bonds is 5. The van der Waals surface area contributed by atoms with Crippen molar-refractivity contribution in [3.05, 3.63) is 12.0 Å². The Kier molecular flexibility index (Phi) is 4.37. The quantitative estimate of drug-likeness (QED) is 0.551. The molecule has 1 unspecified atom stereocenters. The molecular formula is C12H23N3O3. The third-order valence-electron chi connectivity index (χ3n) is 3.29. The first-order valence-electron chi connectivity index (χ1n) is 5.98. The summed E-state index contributed by atoms with van der Waals surface area (Å²) in [6.45, 7) is 7.40. The zero-order valence-electron chi connectivity index (χ0n) is 11.6. The average molecular weight is 257 g/mol. The Morgan fingerprint density at radius 3 is 2.61 bits per heavy atom. The molecule has 0 aromatic heterocycles. The maximum atomic E-state index is 11.9. The molecule has 1 amide bonds. The number of aliphatic hydroxyl groups excluding tert-OH is 1. The van der Waals surface area contributed by atoms with E-state index in [1.54, 1.807) is 27.0 Å². The molecule has 0 aromatic rings. The van der Waals surface area contributed by atoms with Crippen molar-refractivity contribution in [1.29, 1.82) is 0 Å². The van der Waals surface area contributed by atoms with E-state index >= 15 is 0 Å². The fourth-order valence-corrected chi connectivity index (χ4v) is 1.28. The van der Waals surface area contributed by atoms with Crippen molar-refractivity contribution < 1.29 is 14.7 Å². The van der Waals surface area contributed by atoms with E-state index in [0.29, 0.717) is 5.88 Å². The van der Waals surface area contributed by atoms with E-state index in [0.717, 1.165) is 0 Å². The highest BCUT2D eigenvalue weighted by atomic mass is 16.7. The molecule has 1 aliphatic heterocycles. The summed E-state index contributed by atoms with van der Waals surface area (Å²) < 4.78 is 0. The summed E-state index contributed by atoms with van der Waals surface area (Å²) in [6, 6.07) is -0.143. The summed E-state index contributed by atoms with van der Waals surface area (Å²) in [5.74, 6) is 0.190. The van der Waals surface area contributed by atoms with Crippen molar-refractivity contribution >= 4 is 5.91 Å². The molecule has 0 radical (unpaired) electrons. The van der Waals surface area contributed by atoms with Crippen molar-refractivity contribution in [2.24, 2.45) is 5.41 Å². The number of carbonyl (C=O) groups is 1. The van der Waals surface area contributed by atoms with Crippen LogP contribution in [-0.2, 0) is 9.63 Å². The number of carbonyl (C=O) groups excluding carboxylic acids is 1. The maximum Gasteiger partial charge on any atom is 0.246 e. The summed E-state index contributed by atoms with van der Waals surface area (Å²) >= 11 is 0. The minimum Gasteiger partial charge on any atom is -0.396 e. The standard InChI is InChI=1S/C12H23N3O3/c1-11(2,7-16)8-6-9(18-15-8)14-10(17)12(3,4)13-5/h6,8,13,15-16H,7H2,1-5H3,(H,14,17). The minimum absolute atomic E-state index is 0.0216. The molecule has 0 spiro atoms. The van der Waals surface area contributed by atoms with E-state index in [9.17, 15) is 9.90 Å². The molecule has 0 aromatic carbocycles. The van der Waals surface area contributed by atoms with Crippen molar-refractivity contribution in [1.82, 2.24) is 16.1 Å². The van der Waals surface area contributed by atoms with Gasteiger partial charge in [0.2, 0.25) is 11.8 Å². The third kappa shape index (κ3) is 3.22. The first kappa shape index (κ1) is 14.9. The van der Waals surface area contributed by atoms with Crippen LogP contribution in [-0.4, -0.2) is 36.2 Å². The van der Waals surface area contributed by atoms with Crippen LogP contribution in [0, 0.1) is 5.41 Å². The van der Waals surface area contributed by atoms with Gasteiger partial charge in [0.15, 0.2) is 0 Å². The van der Waals surface area contributed by atoms with E-state index < -0.39 is 5.54 Å². The van der Waals surface area contributed by atoms with Gasteiger partial charge in [0.25, 0.3) is 0 Å². The van der Waals surface area contributed by atoms with Gasteiger partial charge >= 0.3 is 0 Å². The first-order chi connectivity index (χ1) is 8.23. The lowest BCUT2D eigenvalue weighted by molar-refractivity contribution is -0.126. The molecule has 104 valence electrons. The number of likely N-dealkylation sites (N-methyl/N-ethyl adjacent to an activating group) is 1. The topological polar surface area (TPSA) is 82.6 Å². The second-order valence-corrected chi connectivity index (χ2v) is 5.70. The summed E-state index contributed by atoms with van der Waals surface area (Å²) in [4.78, 5) is 17.1. The molecule has 6 nitrogen and oxygen atoms in total. The van der Waals surface area contributed by atoms with E-state index in [1.807, 2.05) is 13.8 Å². The van der Waals surface area contributed by atoms with Crippen LogP contribution in [0.15, 0.2) is 12.0 Å². The molecule has 0 saturated carbocycles. The fourth-order valence-electron chi connectivity index (χ4n) is 1.28. The maximum absolute atomic E-state index is 11.9. The zero-order chi connectivity index (χ0) is 14.0. The number of hydroxylamine groups is 1. The van der Waals surface area contributed by atoms with Gasteiger partial charge in [0.05, 0.1) is 18.2 Å². The highest BCUT2D eigenvalue weighted by Crippen LogP contribution is 2.24. The molecule has 0 saturated heterocycles. The van der Waals surface area contributed by atoms with Crippen LogP contribution in [0.25, 0.3) is 0 Å². The Bertz CT molecular complexity index is 350. The van der Waals surface area contributed by atoms with Crippen LogP contribution < -0.4 is 16.1 Å². The molecule has 1 atom stereocenters. The van der Waals surface area contributed by atoms with E-state index in [1.165, 1.54) is 0 Å². The molecule has 18 heavy (non-hydrogen) atoms. The van der Waals surface area contributed by atoms with Gasteiger partial charge in [-0.3, -0.25) is 10.1 Å². The van der Waals surface area contributed by atoms with E-state index in [-0.39, 0.29) is 24.0 Å². The van der Waals surface area contributed by atoms with Gasteiger partial charge in [-0.1, -0.05) is 13.8 Å². The van der Waals surface area contributed by atoms with Crippen LogP contribution in [0.1, 0.15) is 27.7 Å². The van der Waals surface area contributed by atoms with Crippen molar-refractivity contribution in [3.8, 4) is 0 Å². The van der Waals surface area contributed by atoms with Crippen molar-refractivity contribution in [3.63, 3.8) is 0 Å². The van der Waals surface area contributed by atoms with Crippen LogP contribution in [0.3, 0.4) is 0 Å². The predicted octanol–water partition coefficient (Wildman–Crippen LogP) is -0.136. The molecule has 6 heteroatoms. The molecule has 1 rings (SSSR count). The Labute approximate surface area is 108 Å². The lowest BCUT2D eigenvalue weighted by Crippen LogP contribution is -2.50. The molecule has 0 bridgehead atoms. The van der Waals surface area contributed by atoms with Gasteiger partial charge in [-0.05, 0) is 27.0 Å². The Morgan fingerprint density at radius 1 is 1.50 bits per heavy atom. The van der Waals surface area contributed by atoms with Crippen molar-refractivity contribution in [2.75, 3.05) is 13.7 Å². The number of hydrogen-bond donors (Lipinski definition) is 4. The highest BCUT2D eigenvalue weighted by molar-refractivity contribution is 5.86. The number of aliphatic hydroxyl groups is 1. The second-order valence-electron chi connectivity index (χ2n) is 5.70. The fraction of sp³-hybridized carbons (Fsp3) is 0.750. The summed E-state index contributed by atoms with van der Waals surface area (Å²) in [6.07, 6.45) is 1.76. The first-order valence-corrected chi connectivity index (χ1v) is 5.98. The minimum atomic E-state index is -0.672. The molecule has 0 aliphatic carbocycles. The molecular weight excluding hydrogens is 234 g/mol. The normalized spacial score (nSPS) is 20.3. The largest absolute Gasteiger partial charge is 0.396 e. The van der Waals surface area contributed by atoms with Gasteiger partial charge < -0.3 is 15.3 Å². The van der Waals surface area contributed by atoms with E-state index in [2.05, 4.69) is 16.1 Å². The number of amides is 1. The van der Waals surface area contributed by atoms with Crippen LogP contribution in [0.4, 0.5) is 0 Å². The lowest BCUT2D eigenvalue weighted by atomic mass is 9.86. The second kappa shape index (κ2) is 5.26. The Hall–Kier alpha value is -1.11. The number of nitrogens with one attached hydrogen (secondary N) is 3. The van der Waals surface area contributed by atoms with E-state index in [4.69, 9.17) is 4.84 Å². The SMILES string of the molecule is CNC(C)(C)C(=O)NC1=CC(C(C)(C)CO)NO1. The van der Waals surface area contributed by atoms with Crippen LogP contribution in [0.2, 0.25) is 0 Å². The Balaban J connectivity index is 2.66. The van der Waals surface area contributed by atoms with Gasteiger partial charge in [-0.25, -0.2) is 0 Å². The van der Waals surface area contributed by atoms with Gasteiger partial charge in [0, 0.05) is 5.41 Å². The average Bonchev–Trinajstić information content (AvgIpc) is 2.78. The third-order valence-corrected chi connectivity index (χ3v) is 3.29. The molecule has 0 fully saturated rings.